The zero-order valence-corrected chi connectivity index (χ0v) is 9.45. The number of methoxy groups -OCH3 is 1. The maximum atomic E-state index is 10.1. The maximum Gasteiger partial charge on any atom is 0.105 e. The Morgan fingerprint density at radius 3 is 2.40 bits per heavy atom. The molecule has 1 saturated carbocycles. The summed E-state index contributed by atoms with van der Waals surface area (Å²) in [6, 6.07) is 7.28. The summed E-state index contributed by atoms with van der Waals surface area (Å²) >= 11 is 5.79. The summed E-state index contributed by atoms with van der Waals surface area (Å²) in [5.41, 5.74) is 0.873. The quantitative estimate of drug-likeness (QED) is 0.856. The van der Waals surface area contributed by atoms with E-state index in [2.05, 4.69) is 0 Å². The molecule has 1 aromatic rings. The van der Waals surface area contributed by atoms with Crippen LogP contribution in [0.3, 0.4) is 0 Å². The van der Waals surface area contributed by atoms with Crippen LogP contribution in [0.25, 0.3) is 0 Å². The Hall–Kier alpha value is -0.570. The molecular weight excluding hydrogens is 212 g/mol. The van der Waals surface area contributed by atoms with Crippen molar-refractivity contribution >= 4 is 11.6 Å². The second-order valence-corrected chi connectivity index (χ2v) is 4.47. The van der Waals surface area contributed by atoms with Crippen molar-refractivity contribution in [1.82, 2.24) is 0 Å². The van der Waals surface area contributed by atoms with Crippen LogP contribution >= 0.6 is 11.6 Å². The Bertz CT molecular complexity index is 319. The molecule has 3 heteroatoms. The first-order valence-corrected chi connectivity index (χ1v) is 5.56. The van der Waals surface area contributed by atoms with Gasteiger partial charge in [-0.05, 0) is 36.5 Å². The Morgan fingerprint density at radius 2 is 1.93 bits per heavy atom. The van der Waals surface area contributed by atoms with Crippen molar-refractivity contribution in [1.29, 1.82) is 0 Å². The first-order chi connectivity index (χ1) is 7.22. The molecule has 1 aromatic carbocycles. The van der Waals surface area contributed by atoms with E-state index in [0.29, 0.717) is 10.9 Å². The van der Waals surface area contributed by atoms with E-state index in [9.17, 15) is 5.11 Å². The summed E-state index contributed by atoms with van der Waals surface area (Å²) in [5.74, 6) is 0.515. The molecule has 0 heterocycles. The summed E-state index contributed by atoms with van der Waals surface area (Å²) < 4.78 is 5.34. The number of hydrogen-bond acceptors (Lipinski definition) is 2. The van der Waals surface area contributed by atoms with Gasteiger partial charge in [0.05, 0.1) is 6.10 Å². The van der Waals surface area contributed by atoms with Gasteiger partial charge in [-0.25, -0.2) is 0 Å². The van der Waals surface area contributed by atoms with Crippen molar-refractivity contribution in [3.05, 3.63) is 34.9 Å². The van der Waals surface area contributed by atoms with Gasteiger partial charge in [-0.1, -0.05) is 23.7 Å². The van der Waals surface area contributed by atoms with E-state index in [1.807, 2.05) is 12.1 Å². The van der Waals surface area contributed by atoms with E-state index in [4.69, 9.17) is 16.3 Å². The molecular formula is C12H15ClO2. The van der Waals surface area contributed by atoms with Gasteiger partial charge in [-0.15, -0.1) is 0 Å². The molecule has 0 aliphatic heterocycles. The highest BCUT2D eigenvalue weighted by molar-refractivity contribution is 6.30. The van der Waals surface area contributed by atoms with E-state index in [0.717, 1.165) is 18.4 Å². The lowest BCUT2D eigenvalue weighted by atomic mass is 10.0. The summed E-state index contributed by atoms with van der Waals surface area (Å²) in [6.45, 7) is 0. The summed E-state index contributed by atoms with van der Waals surface area (Å²) in [4.78, 5) is 0. The molecule has 0 bridgehead atoms. The molecule has 2 atom stereocenters. The Morgan fingerprint density at radius 1 is 1.33 bits per heavy atom. The van der Waals surface area contributed by atoms with Crippen molar-refractivity contribution in [3.63, 3.8) is 0 Å². The van der Waals surface area contributed by atoms with Crippen LogP contribution in [0.4, 0.5) is 0 Å². The van der Waals surface area contributed by atoms with Gasteiger partial charge >= 0.3 is 0 Å². The second-order valence-electron chi connectivity index (χ2n) is 4.03. The third-order valence-corrected chi connectivity index (χ3v) is 3.13. The molecule has 0 saturated heterocycles. The molecule has 1 fully saturated rings. The highest BCUT2D eigenvalue weighted by Crippen LogP contribution is 2.39. The van der Waals surface area contributed by atoms with E-state index in [-0.39, 0.29) is 6.10 Å². The van der Waals surface area contributed by atoms with Gasteiger partial charge in [0.1, 0.15) is 6.10 Å². The van der Waals surface area contributed by atoms with Crippen LogP contribution in [0.2, 0.25) is 5.02 Å². The maximum absolute atomic E-state index is 10.1. The summed E-state index contributed by atoms with van der Waals surface area (Å²) in [7, 11) is 1.65. The van der Waals surface area contributed by atoms with Crippen LogP contribution in [-0.4, -0.2) is 18.3 Å². The van der Waals surface area contributed by atoms with E-state index < -0.39 is 6.10 Å². The van der Waals surface area contributed by atoms with Crippen molar-refractivity contribution in [2.24, 2.45) is 5.92 Å². The zero-order valence-electron chi connectivity index (χ0n) is 8.69. The first kappa shape index (κ1) is 10.9. The third kappa shape index (κ3) is 2.51. The van der Waals surface area contributed by atoms with Crippen LogP contribution in [0, 0.1) is 5.92 Å². The van der Waals surface area contributed by atoms with Crippen LogP contribution in [0.5, 0.6) is 0 Å². The molecule has 1 aliphatic rings. The standard InChI is InChI=1S/C12H15ClO2/c1-15-12(9-2-3-9)11(14)8-4-6-10(13)7-5-8/h4-7,9,11-12,14H,2-3H2,1H3. The van der Waals surface area contributed by atoms with E-state index in [1.54, 1.807) is 19.2 Å². The van der Waals surface area contributed by atoms with Crippen molar-refractivity contribution in [3.8, 4) is 0 Å². The third-order valence-electron chi connectivity index (χ3n) is 2.88. The average molecular weight is 227 g/mol. The molecule has 82 valence electrons. The molecule has 2 nitrogen and oxygen atoms in total. The van der Waals surface area contributed by atoms with Gasteiger partial charge < -0.3 is 9.84 Å². The van der Waals surface area contributed by atoms with Crippen LogP contribution < -0.4 is 0 Å². The largest absolute Gasteiger partial charge is 0.386 e. The molecule has 0 spiro atoms. The van der Waals surface area contributed by atoms with Gasteiger partial charge in [0.25, 0.3) is 0 Å². The van der Waals surface area contributed by atoms with Crippen LogP contribution in [0.1, 0.15) is 24.5 Å². The number of ether oxygens (including phenoxy) is 1. The predicted octanol–water partition coefficient (Wildman–Crippen LogP) is 2.80. The average Bonchev–Trinajstić information content (AvgIpc) is 3.04. The molecule has 1 aliphatic carbocycles. The normalized spacial score (nSPS) is 19.9. The number of rotatable bonds is 4. The second kappa shape index (κ2) is 4.52. The fourth-order valence-corrected chi connectivity index (χ4v) is 1.98. The lowest BCUT2D eigenvalue weighted by molar-refractivity contribution is -0.0259. The number of aliphatic hydroxyl groups excluding tert-OH is 1. The summed E-state index contributed by atoms with van der Waals surface area (Å²) in [5, 5.41) is 10.8. The first-order valence-electron chi connectivity index (χ1n) is 5.18. The molecule has 0 amide bonds. The predicted molar refractivity (Wildman–Crippen MR) is 59.9 cm³/mol. The summed E-state index contributed by atoms with van der Waals surface area (Å²) in [6.07, 6.45) is 1.69. The molecule has 0 radical (unpaired) electrons. The van der Waals surface area contributed by atoms with Crippen molar-refractivity contribution in [2.75, 3.05) is 7.11 Å². The molecule has 0 aromatic heterocycles. The van der Waals surface area contributed by atoms with Crippen molar-refractivity contribution in [2.45, 2.75) is 25.0 Å². The topological polar surface area (TPSA) is 29.5 Å². The van der Waals surface area contributed by atoms with Crippen LogP contribution in [-0.2, 0) is 4.74 Å². The fraction of sp³-hybridized carbons (Fsp3) is 0.500. The molecule has 2 rings (SSSR count). The monoisotopic (exact) mass is 226 g/mol. The van der Waals surface area contributed by atoms with Gasteiger partial charge in [-0.3, -0.25) is 0 Å². The number of hydrogen-bond donors (Lipinski definition) is 1. The van der Waals surface area contributed by atoms with E-state index >= 15 is 0 Å². The number of benzene rings is 1. The minimum Gasteiger partial charge on any atom is -0.386 e. The Kier molecular flexibility index (Phi) is 3.29. The smallest absolute Gasteiger partial charge is 0.105 e. The van der Waals surface area contributed by atoms with Gasteiger partial charge in [0.2, 0.25) is 0 Å². The fourth-order valence-electron chi connectivity index (χ4n) is 1.85. The van der Waals surface area contributed by atoms with E-state index in [1.165, 1.54) is 0 Å². The van der Waals surface area contributed by atoms with Gasteiger partial charge in [0.15, 0.2) is 0 Å². The van der Waals surface area contributed by atoms with Gasteiger partial charge in [0, 0.05) is 12.1 Å². The lowest BCUT2D eigenvalue weighted by Crippen LogP contribution is -2.22. The zero-order chi connectivity index (χ0) is 10.8. The van der Waals surface area contributed by atoms with Crippen LogP contribution in [0.15, 0.2) is 24.3 Å². The molecule has 1 N–H and O–H groups in total. The lowest BCUT2D eigenvalue weighted by Gasteiger charge is -2.21. The number of aliphatic hydroxyl groups is 1. The Balaban J connectivity index is 2.11. The highest BCUT2D eigenvalue weighted by atomic mass is 35.5. The minimum absolute atomic E-state index is 0.0776. The highest BCUT2D eigenvalue weighted by Gasteiger charge is 2.36. The minimum atomic E-state index is -0.542. The number of halogens is 1. The Labute approximate surface area is 94.8 Å². The SMILES string of the molecule is COC(C1CC1)C(O)c1ccc(Cl)cc1. The van der Waals surface area contributed by atoms with Gasteiger partial charge in [-0.2, -0.15) is 0 Å². The van der Waals surface area contributed by atoms with Crippen molar-refractivity contribution < 1.29 is 9.84 Å². The molecule has 15 heavy (non-hydrogen) atoms. The molecule has 2 unspecified atom stereocenters.